The van der Waals surface area contributed by atoms with E-state index in [1.165, 1.54) is 12.5 Å². The lowest BCUT2D eigenvalue weighted by Gasteiger charge is -2.36. The van der Waals surface area contributed by atoms with Crippen LogP contribution in [0, 0.1) is 11.3 Å². The molecule has 7 nitrogen and oxygen atoms in total. The fourth-order valence-corrected chi connectivity index (χ4v) is 2.26. The third-order valence-corrected chi connectivity index (χ3v) is 3.69. The van der Waals surface area contributed by atoms with Gasteiger partial charge in [0.2, 0.25) is 11.0 Å². The van der Waals surface area contributed by atoms with Gasteiger partial charge < -0.3 is 14.6 Å². The third-order valence-electron chi connectivity index (χ3n) is 2.98. The van der Waals surface area contributed by atoms with Crippen LogP contribution >= 0.6 is 0 Å². The van der Waals surface area contributed by atoms with Crippen LogP contribution in [0.2, 0.25) is 0 Å². The number of aromatic nitrogens is 2. The van der Waals surface area contributed by atoms with Crippen molar-refractivity contribution in [1.82, 2.24) is 9.97 Å². The Balaban J connectivity index is 2.29. The number of hydrogen-bond donors (Lipinski definition) is 1. The quantitative estimate of drug-likeness (QED) is 0.783. The summed E-state index contributed by atoms with van der Waals surface area (Å²) in [5, 5.41) is 19.3. The Labute approximate surface area is 119 Å². The van der Waals surface area contributed by atoms with Crippen LogP contribution in [0.5, 0.6) is 5.88 Å². The third kappa shape index (κ3) is 3.12. The molecular formula is C12H15N3O4S. The molecule has 0 aliphatic carbocycles. The van der Waals surface area contributed by atoms with E-state index in [9.17, 15) is 9.32 Å². The van der Waals surface area contributed by atoms with Gasteiger partial charge >= 0.3 is 0 Å². The summed E-state index contributed by atoms with van der Waals surface area (Å²) in [4.78, 5) is 7.83. The van der Waals surface area contributed by atoms with Crippen LogP contribution in [0.25, 0.3) is 0 Å². The van der Waals surface area contributed by atoms with Crippen LogP contribution in [-0.2, 0) is 15.5 Å². The van der Waals surface area contributed by atoms with Crippen LogP contribution in [0.4, 0.5) is 0 Å². The van der Waals surface area contributed by atoms with E-state index in [2.05, 4.69) is 9.97 Å². The number of ether oxygens (including phenoxy) is 2. The molecule has 1 aromatic heterocycles. The largest absolute Gasteiger partial charge is 0.470 e. The second kappa shape index (κ2) is 5.83. The first-order valence-corrected chi connectivity index (χ1v) is 7.57. The lowest BCUT2D eigenvalue weighted by atomic mass is 9.95. The van der Waals surface area contributed by atoms with Crippen molar-refractivity contribution in [3.05, 3.63) is 11.8 Å². The van der Waals surface area contributed by atoms with E-state index in [4.69, 9.17) is 14.7 Å². The van der Waals surface area contributed by atoms with Crippen LogP contribution in [-0.4, -0.2) is 50.5 Å². The van der Waals surface area contributed by atoms with Crippen LogP contribution < -0.4 is 4.74 Å². The number of nitriles is 1. The molecule has 0 radical (unpaired) electrons. The van der Waals surface area contributed by atoms with Gasteiger partial charge in [-0.15, -0.1) is 0 Å². The van der Waals surface area contributed by atoms with Crippen LogP contribution in [0.3, 0.4) is 0 Å². The van der Waals surface area contributed by atoms with Gasteiger partial charge in [-0.1, -0.05) is 0 Å². The maximum atomic E-state index is 11.4. The van der Waals surface area contributed by atoms with Crippen LogP contribution in [0.1, 0.15) is 18.9 Å². The minimum atomic E-state index is -1.37. The van der Waals surface area contributed by atoms with Crippen molar-refractivity contribution < 1.29 is 18.8 Å². The Kier molecular flexibility index (Phi) is 4.32. The maximum Gasteiger partial charge on any atom is 0.236 e. The van der Waals surface area contributed by atoms with E-state index in [0.717, 1.165) is 0 Å². The highest BCUT2D eigenvalue weighted by Crippen LogP contribution is 2.25. The average molecular weight is 297 g/mol. The van der Waals surface area contributed by atoms with Gasteiger partial charge in [0.25, 0.3) is 0 Å². The summed E-state index contributed by atoms with van der Waals surface area (Å²) in [7, 11) is -1.37. The fraction of sp³-hybridized carbons (Fsp3) is 0.583. The van der Waals surface area contributed by atoms with E-state index in [1.807, 2.05) is 6.07 Å². The molecule has 0 spiro atoms. The Morgan fingerprint density at radius 3 is 3.05 bits per heavy atom. The Hall–Kier alpha value is -1.56. The highest BCUT2D eigenvalue weighted by Gasteiger charge is 2.38. The van der Waals surface area contributed by atoms with E-state index in [0.29, 0.717) is 13.0 Å². The van der Waals surface area contributed by atoms with Gasteiger partial charge in [-0.05, 0) is 6.92 Å². The molecular weight excluding hydrogens is 282 g/mol. The second-order valence-electron chi connectivity index (χ2n) is 4.74. The molecule has 0 bridgehead atoms. The number of hydrogen-bond acceptors (Lipinski definition) is 7. The Morgan fingerprint density at radius 2 is 2.45 bits per heavy atom. The molecule has 1 unspecified atom stereocenters. The standard InChI is InChI=1S/C12H15N3O4S/c1-12(16)7-18-4-3-9(12)19-10-8(5-13)6-14-11(15-10)20(2)17/h6,9,16H,3-4,7H2,1-2H3/t9-,12+,20?/m0/s1. The monoisotopic (exact) mass is 297 g/mol. The molecule has 1 fully saturated rings. The van der Waals surface area contributed by atoms with Gasteiger partial charge in [0, 0.05) is 12.7 Å². The fourth-order valence-electron chi connectivity index (χ4n) is 1.85. The minimum Gasteiger partial charge on any atom is -0.470 e. The average Bonchev–Trinajstić information content (AvgIpc) is 2.41. The van der Waals surface area contributed by atoms with Crippen molar-refractivity contribution in [2.75, 3.05) is 19.5 Å². The summed E-state index contributed by atoms with van der Waals surface area (Å²) < 4.78 is 22.2. The first-order chi connectivity index (χ1) is 9.44. The molecule has 0 aromatic carbocycles. The number of rotatable bonds is 3. The molecule has 0 saturated carbocycles. The summed E-state index contributed by atoms with van der Waals surface area (Å²) in [6, 6.07) is 1.92. The maximum absolute atomic E-state index is 11.4. The lowest BCUT2D eigenvalue weighted by molar-refractivity contribution is -0.140. The minimum absolute atomic E-state index is 0.0416. The molecule has 8 heteroatoms. The van der Waals surface area contributed by atoms with Crippen molar-refractivity contribution in [3.8, 4) is 11.9 Å². The van der Waals surface area contributed by atoms with E-state index < -0.39 is 22.5 Å². The van der Waals surface area contributed by atoms with E-state index in [-0.39, 0.29) is 23.2 Å². The van der Waals surface area contributed by atoms with Crippen molar-refractivity contribution in [2.45, 2.75) is 30.2 Å². The smallest absolute Gasteiger partial charge is 0.236 e. The summed E-state index contributed by atoms with van der Waals surface area (Å²) in [6.07, 6.45) is 2.64. The molecule has 0 amide bonds. The normalized spacial score (nSPS) is 27.6. The van der Waals surface area contributed by atoms with Crippen molar-refractivity contribution in [2.24, 2.45) is 0 Å². The molecule has 108 valence electrons. The Bertz CT molecular complexity index is 570. The highest BCUT2D eigenvalue weighted by atomic mass is 32.2. The number of nitrogens with zero attached hydrogens (tertiary/aromatic N) is 3. The van der Waals surface area contributed by atoms with Gasteiger partial charge in [-0.25, -0.2) is 4.98 Å². The highest BCUT2D eigenvalue weighted by molar-refractivity contribution is 7.84. The van der Waals surface area contributed by atoms with Gasteiger partial charge in [0.15, 0.2) is 0 Å². The Morgan fingerprint density at radius 1 is 1.70 bits per heavy atom. The predicted octanol–water partition coefficient (Wildman–Crippen LogP) is 0.00438. The molecule has 1 N–H and O–H groups in total. The predicted molar refractivity (Wildman–Crippen MR) is 69.6 cm³/mol. The molecule has 1 aliphatic rings. The first-order valence-electron chi connectivity index (χ1n) is 6.01. The van der Waals surface area contributed by atoms with Crippen molar-refractivity contribution in [3.63, 3.8) is 0 Å². The SMILES string of the molecule is CS(=O)c1ncc(C#N)c(O[C@H]2CCOC[C@@]2(C)O)n1. The molecule has 1 saturated heterocycles. The zero-order valence-corrected chi connectivity index (χ0v) is 12.0. The zero-order chi connectivity index (χ0) is 14.8. The van der Waals surface area contributed by atoms with Gasteiger partial charge in [-0.2, -0.15) is 10.2 Å². The van der Waals surface area contributed by atoms with E-state index in [1.54, 1.807) is 6.92 Å². The summed E-state index contributed by atoms with van der Waals surface area (Å²) in [6.45, 7) is 2.21. The second-order valence-corrected chi connectivity index (χ2v) is 6.02. The van der Waals surface area contributed by atoms with Gasteiger partial charge in [0.1, 0.15) is 23.3 Å². The van der Waals surface area contributed by atoms with E-state index >= 15 is 0 Å². The molecule has 2 rings (SSSR count). The summed E-state index contributed by atoms with van der Waals surface area (Å²) in [5.41, 5.74) is -1.02. The summed E-state index contributed by atoms with van der Waals surface area (Å²) in [5.74, 6) is 0.0416. The van der Waals surface area contributed by atoms with Crippen molar-refractivity contribution in [1.29, 1.82) is 5.26 Å². The van der Waals surface area contributed by atoms with Gasteiger partial charge in [-0.3, -0.25) is 4.21 Å². The lowest BCUT2D eigenvalue weighted by Crippen LogP contribution is -2.51. The summed E-state index contributed by atoms with van der Waals surface area (Å²) >= 11 is 0. The molecule has 2 heterocycles. The van der Waals surface area contributed by atoms with Gasteiger partial charge in [0.05, 0.1) is 30.2 Å². The molecule has 20 heavy (non-hydrogen) atoms. The number of aliphatic hydroxyl groups is 1. The molecule has 1 aromatic rings. The molecule has 1 aliphatic heterocycles. The van der Waals surface area contributed by atoms with Crippen molar-refractivity contribution >= 4 is 10.8 Å². The molecule has 3 atom stereocenters. The van der Waals surface area contributed by atoms with Crippen LogP contribution in [0.15, 0.2) is 11.4 Å². The first kappa shape index (κ1) is 14.8. The topological polar surface area (TPSA) is 105 Å². The zero-order valence-electron chi connectivity index (χ0n) is 11.2.